The van der Waals surface area contributed by atoms with Crippen LogP contribution in [-0.2, 0) is 19.6 Å². The van der Waals surface area contributed by atoms with Gasteiger partial charge in [-0.05, 0) is 37.1 Å². The van der Waals surface area contributed by atoms with Gasteiger partial charge < -0.3 is 14.8 Å². The lowest BCUT2D eigenvalue weighted by Crippen LogP contribution is -2.40. The number of sulfonamides is 1. The summed E-state index contributed by atoms with van der Waals surface area (Å²) in [6.45, 7) is 5.36. The molecule has 1 aromatic heterocycles. The Kier molecular flexibility index (Phi) is 7.47. The van der Waals surface area contributed by atoms with Crippen LogP contribution in [0.3, 0.4) is 0 Å². The summed E-state index contributed by atoms with van der Waals surface area (Å²) in [6.07, 6.45) is 5.45. The Hall–Kier alpha value is -2.69. The first-order valence-corrected chi connectivity index (χ1v) is 11.6. The summed E-state index contributed by atoms with van der Waals surface area (Å²) in [6, 6.07) is 6.69. The van der Waals surface area contributed by atoms with E-state index >= 15 is 0 Å². The minimum absolute atomic E-state index is 0.0642. The number of carbonyl (C=O) groups is 1. The maximum Gasteiger partial charge on any atom is 0.249 e. The number of anilines is 1. The Morgan fingerprint density at radius 3 is 2.74 bits per heavy atom. The van der Waals surface area contributed by atoms with Gasteiger partial charge in [0.2, 0.25) is 15.9 Å². The summed E-state index contributed by atoms with van der Waals surface area (Å²) in [7, 11) is -2.32. The summed E-state index contributed by atoms with van der Waals surface area (Å²) in [5.74, 6) is 0.526. The highest BCUT2D eigenvalue weighted by atomic mass is 32.2. The highest BCUT2D eigenvalue weighted by Gasteiger charge is 2.29. The van der Waals surface area contributed by atoms with Crippen molar-refractivity contribution < 1.29 is 22.7 Å². The van der Waals surface area contributed by atoms with E-state index < -0.39 is 10.0 Å². The van der Waals surface area contributed by atoms with E-state index in [1.807, 2.05) is 13.8 Å². The number of aromatic nitrogens is 2. The molecule has 1 atom stereocenters. The van der Waals surface area contributed by atoms with Crippen molar-refractivity contribution in [1.29, 1.82) is 0 Å². The molecule has 31 heavy (non-hydrogen) atoms. The van der Waals surface area contributed by atoms with Gasteiger partial charge in [0.25, 0.3) is 0 Å². The highest BCUT2D eigenvalue weighted by Crippen LogP contribution is 2.29. The summed E-state index contributed by atoms with van der Waals surface area (Å²) in [5, 5.41) is 7.05. The largest absolute Gasteiger partial charge is 0.495 e. The second kappa shape index (κ2) is 10.1. The predicted molar refractivity (Wildman–Crippen MR) is 117 cm³/mol. The zero-order chi connectivity index (χ0) is 22.4. The topological polar surface area (TPSA) is 103 Å². The molecule has 1 saturated heterocycles. The van der Waals surface area contributed by atoms with E-state index in [2.05, 4.69) is 10.4 Å². The molecule has 2 heterocycles. The number of carbonyl (C=O) groups excluding carboxylic acids is 1. The van der Waals surface area contributed by atoms with Gasteiger partial charge in [0.15, 0.2) is 0 Å². The van der Waals surface area contributed by atoms with Crippen LogP contribution in [0.25, 0.3) is 6.08 Å². The Morgan fingerprint density at radius 1 is 1.32 bits per heavy atom. The SMILES string of the molecule is CCC(C)n1nccc1NC(=O)C=Cc1ccc(OC)c(S(=O)(=O)N2CCOCC2)c1. The Bertz CT molecular complexity index is 1040. The second-order valence-electron chi connectivity index (χ2n) is 7.17. The lowest BCUT2D eigenvalue weighted by molar-refractivity contribution is -0.111. The monoisotopic (exact) mass is 448 g/mol. The summed E-state index contributed by atoms with van der Waals surface area (Å²) < 4.78 is 39.8. The van der Waals surface area contributed by atoms with Crippen molar-refractivity contribution >= 4 is 27.8 Å². The number of hydrogen-bond acceptors (Lipinski definition) is 6. The number of nitrogens with zero attached hydrogens (tertiary/aromatic N) is 3. The molecule has 9 nitrogen and oxygen atoms in total. The molecular weight excluding hydrogens is 420 g/mol. The molecule has 0 saturated carbocycles. The molecule has 1 aromatic carbocycles. The van der Waals surface area contributed by atoms with E-state index in [9.17, 15) is 13.2 Å². The number of nitrogens with one attached hydrogen (secondary N) is 1. The Balaban J connectivity index is 1.79. The maximum absolute atomic E-state index is 13.1. The normalized spacial score (nSPS) is 16.4. The molecule has 0 bridgehead atoms. The molecule has 1 fully saturated rings. The second-order valence-corrected chi connectivity index (χ2v) is 9.07. The third kappa shape index (κ3) is 5.33. The first-order chi connectivity index (χ1) is 14.9. The molecule has 1 amide bonds. The average molecular weight is 449 g/mol. The van der Waals surface area contributed by atoms with Gasteiger partial charge in [-0.1, -0.05) is 13.0 Å². The number of morpholine rings is 1. The first-order valence-electron chi connectivity index (χ1n) is 10.1. The van der Waals surface area contributed by atoms with Crippen LogP contribution in [0.4, 0.5) is 5.82 Å². The van der Waals surface area contributed by atoms with Gasteiger partial charge in [0.05, 0.1) is 32.6 Å². The molecule has 0 spiro atoms. The molecule has 168 valence electrons. The van der Waals surface area contributed by atoms with Crippen molar-refractivity contribution in [2.75, 3.05) is 38.7 Å². The number of amides is 1. The van der Waals surface area contributed by atoms with Crippen LogP contribution in [0.2, 0.25) is 0 Å². The average Bonchev–Trinajstić information content (AvgIpc) is 3.25. The summed E-state index contributed by atoms with van der Waals surface area (Å²) in [5.41, 5.74) is 0.568. The van der Waals surface area contributed by atoms with E-state index in [1.54, 1.807) is 35.2 Å². The van der Waals surface area contributed by atoms with Crippen LogP contribution in [0.15, 0.2) is 41.4 Å². The molecule has 1 N–H and O–H groups in total. The van der Waals surface area contributed by atoms with Gasteiger partial charge in [-0.2, -0.15) is 9.40 Å². The van der Waals surface area contributed by atoms with E-state index in [1.165, 1.54) is 23.6 Å². The molecule has 0 aliphatic carbocycles. The van der Waals surface area contributed by atoms with Crippen molar-refractivity contribution in [2.45, 2.75) is 31.2 Å². The van der Waals surface area contributed by atoms with Crippen molar-refractivity contribution in [3.63, 3.8) is 0 Å². The van der Waals surface area contributed by atoms with Crippen molar-refractivity contribution in [3.8, 4) is 5.75 Å². The number of rotatable bonds is 8. The van der Waals surface area contributed by atoms with Gasteiger partial charge >= 0.3 is 0 Å². The third-order valence-corrected chi connectivity index (χ3v) is 7.05. The fourth-order valence-electron chi connectivity index (χ4n) is 3.20. The lowest BCUT2D eigenvalue weighted by atomic mass is 10.2. The summed E-state index contributed by atoms with van der Waals surface area (Å²) in [4.78, 5) is 12.5. The molecule has 1 unspecified atom stereocenters. The van der Waals surface area contributed by atoms with Gasteiger partial charge in [-0.3, -0.25) is 4.79 Å². The van der Waals surface area contributed by atoms with Crippen LogP contribution in [0.5, 0.6) is 5.75 Å². The van der Waals surface area contributed by atoms with Gasteiger partial charge in [-0.25, -0.2) is 13.1 Å². The molecule has 2 aromatic rings. The predicted octanol–water partition coefficient (Wildman–Crippen LogP) is 2.54. The van der Waals surface area contributed by atoms with Crippen LogP contribution >= 0.6 is 0 Å². The van der Waals surface area contributed by atoms with E-state index in [4.69, 9.17) is 9.47 Å². The first kappa shape index (κ1) is 23.0. The molecule has 0 radical (unpaired) electrons. The molecular formula is C21H28N4O5S. The van der Waals surface area contributed by atoms with Crippen LogP contribution in [0, 0.1) is 0 Å². The molecule has 1 aliphatic heterocycles. The minimum atomic E-state index is -3.74. The minimum Gasteiger partial charge on any atom is -0.495 e. The molecule has 10 heteroatoms. The quantitative estimate of drug-likeness (QED) is 0.623. The molecule has 3 rings (SSSR count). The molecule has 1 aliphatic rings. The number of benzene rings is 1. The van der Waals surface area contributed by atoms with Gasteiger partial charge in [0.1, 0.15) is 16.5 Å². The highest BCUT2D eigenvalue weighted by molar-refractivity contribution is 7.89. The Labute approximate surface area is 182 Å². The van der Waals surface area contributed by atoms with E-state index in [0.717, 1.165) is 6.42 Å². The number of ether oxygens (including phenoxy) is 2. The van der Waals surface area contributed by atoms with E-state index in [-0.39, 0.29) is 35.7 Å². The van der Waals surface area contributed by atoms with Crippen molar-refractivity contribution in [2.24, 2.45) is 0 Å². The maximum atomic E-state index is 13.1. The Morgan fingerprint density at radius 2 is 2.06 bits per heavy atom. The third-order valence-electron chi connectivity index (χ3n) is 5.13. The van der Waals surface area contributed by atoms with Crippen molar-refractivity contribution in [1.82, 2.24) is 14.1 Å². The number of methoxy groups -OCH3 is 1. The van der Waals surface area contributed by atoms with Crippen molar-refractivity contribution in [3.05, 3.63) is 42.1 Å². The van der Waals surface area contributed by atoms with Gasteiger partial charge in [0, 0.05) is 25.2 Å². The fourth-order valence-corrected chi connectivity index (χ4v) is 4.80. The number of hydrogen-bond donors (Lipinski definition) is 1. The fraction of sp³-hybridized carbons (Fsp3) is 0.429. The lowest BCUT2D eigenvalue weighted by Gasteiger charge is -2.26. The summed E-state index contributed by atoms with van der Waals surface area (Å²) >= 11 is 0. The van der Waals surface area contributed by atoms with Crippen LogP contribution in [-0.4, -0.2) is 61.8 Å². The zero-order valence-electron chi connectivity index (χ0n) is 17.9. The van der Waals surface area contributed by atoms with E-state index in [0.29, 0.717) is 24.6 Å². The standard InChI is InChI=1S/C21H28N4O5S/c1-4-16(2)25-20(9-10-22-25)23-21(26)8-6-17-5-7-18(29-3)19(15-17)31(27,28)24-11-13-30-14-12-24/h5-10,15-16H,4,11-14H2,1-3H3,(H,23,26). The zero-order valence-corrected chi connectivity index (χ0v) is 18.8. The smallest absolute Gasteiger partial charge is 0.249 e. The van der Waals surface area contributed by atoms with Crippen LogP contribution < -0.4 is 10.1 Å². The van der Waals surface area contributed by atoms with Gasteiger partial charge in [-0.15, -0.1) is 0 Å². The van der Waals surface area contributed by atoms with Crippen LogP contribution in [0.1, 0.15) is 31.9 Å².